The average Bonchev–Trinajstić information content (AvgIpc) is 3.21. The van der Waals surface area contributed by atoms with Gasteiger partial charge in [0.15, 0.2) is 11.6 Å². The number of nitrogens with zero attached hydrogens (tertiary/aromatic N) is 5. The first kappa shape index (κ1) is 39.8. The van der Waals surface area contributed by atoms with Crippen LogP contribution in [0.25, 0.3) is 10.9 Å². The van der Waals surface area contributed by atoms with E-state index in [0.29, 0.717) is 34.7 Å². The van der Waals surface area contributed by atoms with Crippen LogP contribution in [0.4, 0.5) is 20.2 Å². The molecule has 3 heterocycles. The zero-order chi connectivity index (χ0) is 40.6. The van der Waals surface area contributed by atoms with E-state index in [4.69, 9.17) is 4.74 Å². The number of anilines is 2. The Balaban J connectivity index is 0.850. The van der Waals surface area contributed by atoms with Gasteiger partial charge in [0.1, 0.15) is 29.2 Å². The number of imide groups is 1. The number of fused-ring (bicyclic) bond motifs is 1. The third kappa shape index (κ3) is 8.15. The van der Waals surface area contributed by atoms with Gasteiger partial charge in [0, 0.05) is 42.9 Å². The van der Waals surface area contributed by atoms with Crippen LogP contribution >= 0.6 is 12.1 Å². The van der Waals surface area contributed by atoms with E-state index in [9.17, 15) is 19.6 Å². The van der Waals surface area contributed by atoms with Crippen molar-refractivity contribution in [2.75, 3.05) is 36.7 Å². The van der Waals surface area contributed by atoms with E-state index >= 15 is 8.78 Å². The summed E-state index contributed by atoms with van der Waals surface area (Å²) in [5.41, 5.74) is 2.26. The lowest BCUT2D eigenvalue weighted by Crippen LogP contribution is -2.51. The van der Waals surface area contributed by atoms with E-state index in [-0.39, 0.29) is 64.0 Å². The van der Waals surface area contributed by atoms with Crippen molar-refractivity contribution in [3.8, 4) is 17.6 Å². The second-order valence-corrected chi connectivity index (χ2v) is 17.3. The number of likely N-dealkylation sites (tertiary alicyclic amines) is 1. The molecule has 3 N–H and O–H groups in total. The number of amides is 2. The fourth-order valence-corrected chi connectivity index (χ4v) is 9.80. The van der Waals surface area contributed by atoms with E-state index in [2.05, 4.69) is 31.3 Å². The number of rotatable bonds is 11. The van der Waals surface area contributed by atoms with Gasteiger partial charge in [-0.3, -0.25) is 24.3 Å². The number of ether oxygens (including phenoxy) is 1. The molecule has 1 spiro atoms. The zero-order valence-corrected chi connectivity index (χ0v) is 33.5. The van der Waals surface area contributed by atoms with Gasteiger partial charge in [-0.2, -0.15) is 5.26 Å². The summed E-state index contributed by atoms with van der Waals surface area (Å²) in [5, 5.41) is 15.7. The molecule has 1 atom stereocenters. The Bertz CT molecular complexity index is 2310. The molecule has 1 unspecified atom stereocenters. The van der Waals surface area contributed by atoms with Crippen LogP contribution in [0.15, 0.2) is 59.7 Å². The number of nitrogens with one attached hydrogen (secondary N) is 3. The highest BCUT2D eigenvalue weighted by Gasteiger charge is 2.47. The van der Waals surface area contributed by atoms with Gasteiger partial charge >= 0.3 is 0 Å². The number of halogens is 2. The molecule has 58 heavy (non-hydrogen) atoms. The van der Waals surface area contributed by atoms with Crippen LogP contribution < -0.4 is 25.7 Å². The standard InChI is InChI=1S/C43H48F2N8O4S/c1-3-51(2)58-50-37-13-11-34(44)40(33(37)24-46)57-30-9-12-36-32(21-30)42(56)53(25-47-36)29-22-43(23-29)16-18-52(19-17-43)28-7-4-26(5-8-28)31-10-6-27(20-35(31)45)48-38-14-15-39(54)49-41(38)55/h6,9-13,20-21,25-26,28-29,38,48,50H,3-5,7-8,14-19,22-23H2,1-2H3,(H,49,54,55). The maximum absolute atomic E-state index is 15.3. The number of benzene rings is 3. The Kier molecular flexibility index (Phi) is 11.4. The molecular weight excluding hydrogens is 763 g/mol. The maximum Gasteiger partial charge on any atom is 0.261 e. The molecule has 2 amide bonds. The fraction of sp³-hybridized carbons (Fsp3) is 0.465. The quantitative estimate of drug-likeness (QED) is 0.102. The molecule has 8 rings (SSSR count). The van der Waals surface area contributed by atoms with E-state index in [0.717, 1.165) is 76.6 Å². The van der Waals surface area contributed by atoms with E-state index in [1.54, 1.807) is 29.1 Å². The van der Waals surface area contributed by atoms with Gasteiger partial charge in [-0.25, -0.2) is 18.1 Å². The normalized spacial score (nSPS) is 22.4. The van der Waals surface area contributed by atoms with Crippen molar-refractivity contribution in [1.29, 1.82) is 5.26 Å². The third-order valence-corrected chi connectivity index (χ3v) is 13.7. The Morgan fingerprint density at radius 1 is 1.00 bits per heavy atom. The van der Waals surface area contributed by atoms with Gasteiger partial charge in [0.05, 0.1) is 22.9 Å². The summed E-state index contributed by atoms with van der Waals surface area (Å²) >= 11 is 1.29. The molecule has 4 fully saturated rings. The van der Waals surface area contributed by atoms with Crippen molar-refractivity contribution < 1.29 is 23.1 Å². The van der Waals surface area contributed by atoms with Crippen molar-refractivity contribution in [3.05, 3.63) is 88.0 Å². The lowest BCUT2D eigenvalue weighted by molar-refractivity contribution is -0.133. The van der Waals surface area contributed by atoms with Crippen molar-refractivity contribution in [2.24, 2.45) is 5.41 Å². The molecule has 2 saturated carbocycles. The van der Waals surface area contributed by atoms with Crippen LogP contribution in [-0.4, -0.2) is 69.3 Å². The number of piperidine rings is 2. The van der Waals surface area contributed by atoms with Crippen molar-refractivity contribution in [3.63, 3.8) is 0 Å². The average molecular weight is 811 g/mol. The molecule has 4 aliphatic rings. The molecule has 2 aliphatic heterocycles. The molecule has 0 radical (unpaired) electrons. The minimum absolute atomic E-state index is 0.0276. The van der Waals surface area contributed by atoms with Crippen LogP contribution in [-0.2, 0) is 9.59 Å². The molecule has 2 aliphatic carbocycles. The first-order chi connectivity index (χ1) is 28.0. The molecule has 15 heteroatoms. The Morgan fingerprint density at radius 2 is 1.78 bits per heavy atom. The Labute approximate surface area is 340 Å². The maximum atomic E-state index is 15.3. The SMILES string of the molecule is CCN(C)SNc1ccc(F)c(Oc2ccc3ncn(C4CC5(CCN(C6CCC(c7ccc(NC8CCC(=O)NC8=O)cc7F)CC6)CC5)C4)c(=O)c3c2)c1C#N. The summed E-state index contributed by atoms with van der Waals surface area (Å²) in [4.78, 5) is 44.6. The van der Waals surface area contributed by atoms with Gasteiger partial charge in [-0.05, 0) is 137 Å². The number of aromatic nitrogens is 2. The summed E-state index contributed by atoms with van der Waals surface area (Å²) in [6.07, 6.45) is 10.1. The van der Waals surface area contributed by atoms with E-state index < -0.39 is 11.9 Å². The summed E-state index contributed by atoms with van der Waals surface area (Å²) in [6.45, 7) is 4.77. The molecule has 4 aromatic rings. The first-order valence-electron chi connectivity index (χ1n) is 20.2. The topological polar surface area (TPSA) is 145 Å². The number of hydrogen-bond donors (Lipinski definition) is 3. The molecule has 2 saturated heterocycles. The summed E-state index contributed by atoms with van der Waals surface area (Å²) < 4.78 is 43.0. The summed E-state index contributed by atoms with van der Waals surface area (Å²) in [6, 6.07) is 14.8. The summed E-state index contributed by atoms with van der Waals surface area (Å²) in [7, 11) is 1.89. The van der Waals surface area contributed by atoms with Gasteiger partial charge in [-0.15, -0.1) is 0 Å². The van der Waals surface area contributed by atoms with Crippen LogP contribution in [0.3, 0.4) is 0 Å². The molecule has 304 valence electrons. The van der Waals surface area contributed by atoms with Crippen LogP contribution in [0.2, 0.25) is 0 Å². The summed E-state index contributed by atoms with van der Waals surface area (Å²) in [5.74, 6) is -1.41. The first-order valence-corrected chi connectivity index (χ1v) is 21.0. The number of nitriles is 1. The van der Waals surface area contributed by atoms with Crippen molar-refractivity contribution in [2.45, 2.75) is 95.2 Å². The molecule has 1 aromatic heterocycles. The Morgan fingerprint density at radius 3 is 2.48 bits per heavy atom. The zero-order valence-electron chi connectivity index (χ0n) is 32.7. The number of carbonyl (C=O) groups excluding carboxylic acids is 2. The Hall–Kier alpha value is -5.04. The smallest absolute Gasteiger partial charge is 0.261 e. The monoisotopic (exact) mass is 810 g/mol. The highest BCUT2D eigenvalue weighted by Crippen LogP contribution is 2.55. The minimum atomic E-state index is -0.682. The van der Waals surface area contributed by atoms with E-state index in [1.165, 1.54) is 30.3 Å². The third-order valence-electron chi connectivity index (χ3n) is 12.8. The predicted molar refractivity (Wildman–Crippen MR) is 219 cm³/mol. The fourth-order valence-electron chi connectivity index (χ4n) is 9.24. The van der Waals surface area contributed by atoms with Crippen molar-refractivity contribution in [1.82, 2.24) is 24.1 Å². The molecular formula is C43H48F2N8O4S. The van der Waals surface area contributed by atoms with Gasteiger partial charge in [0.2, 0.25) is 11.8 Å². The lowest BCUT2D eigenvalue weighted by atomic mass is 9.60. The van der Waals surface area contributed by atoms with Gasteiger partial charge < -0.3 is 19.7 Å². The van der Waals surface area contributed by atoms with Gasteiger partial charge in [0.25, 0.3) is 5.56 Å². The second kappa shape index (κ2) is 16.7. The number of carbonyl (C=O) groups is 2. The molecule has 3 aromatic carbocycles. The molecule has 12 nitrogen and oxygen atoms in total. The minimum Gasteiger partial charge on any atom is -0.453 e. The van der Waals surface area contributed by atoms with Crippen LogP contribution in [0.1, 0.15) is 94.2 Å². The number of hydrogen-bond acceptors (Lipinski definition) is 11. The molecule has 0 bridgehead atoms. The largest absolute Gasteiger partial charge is 0.453 e. The second-order valence-electron chi connectivity index (χ2n) is 16.3. The van der Waals surface area contributed by atoms with Crippen LogP contribution in [0, 0.1) is 28.4 Å². The lowest BCUT2D eigenvalue weighted by Gasteiger charge is -2.54. The predicted octanol–water partition coefficient (Wildman–Crippen LogP) is 7.63. The highest BCUT2D eigenvalue weighted by molar-refractivity contribution is 7.98. The van der Waals surface area contributed by atoms with Crippen LogP contribution in [0.5, 0.6) is 11.5 Å². The van der Waals surface area contributed by atoms with Gasteiger partial charge in [-0.1, -0.05) is 13.0 Å². The highest BCUT2D eigenvalue weighted by atomic mass is 32.2. The van der Waals surface area contributed by atoms with E-state index in [1.807, 2.05) is 30.4 Å². The van der Waals surface area contributed by atoms with Crippen molar-refractivity contribution >= 4 is 46.2 Å².